The van der Waals surface area contributed by atoms with E-state index in [1.807, 2.05) is 30.3 Å². The molecule has 174 valence electrons. The topological polar surface area (TPSA) is 69.6 Å². The van der Waals surface area contributed by atoms with Gasteiger partial charge in [0.05, 0.1) is 21.6 Å². The van der Waals surface area contributed by atoms with E-state index < -0.39 is 0 Å². The van der Waals surface area contributed by atoms with Crippen LogP contribution in [0, 0.1) is 0 Å². The maximum atomic E-state index is 13.5. The number of nitrogens with zero attached hydrogens (tertiary/aromatic N) is 3. The second-order valence-electron chi connectivity index (χ2n) is 7.51. The number of rotatable bonds is 6. The van der Waals surface area contributed by atoms with Crippen molar-refractivity contribution >= 4 is 71.5 Å². The maximum absolute atomic E-state index is 13.5. The van der Waals surface area contributed by atoms with Crippen molar-refractivity contribution in [1.29, 1.82) is 0 Å². The van der Waals surface area contributed by atoms with Crippen LogP contribution in [0.2, 0.25) is 5.02 Å². The Balaban J connectivity index is 1.72. The molecule has 0 bridgehead atoms. The van der Waals surface area contributed by atoms with Crippen LogP contribution in [-0.4, -0.2) is 22.5 Å². The molecule has 0 saturated heterocycles. The predicted molar refractivity (Wildman–Crippen MR) is 147 cm³/mol. The first-order chi connectivity index (χ1) is 16.9. The minimum Gasteiger partial charge on any atom is -0.488 e. The Hall–Kier alpha value is -3.20. The van der Waals surface area contributed by atoms with Crippen molar-refractivity contribution in [2.75, 3.05) is 6.61 Å². The van der Waals surface area contributed by atoms with E-state index in [2.05, 4.69) is 43.5 Å². The van der Waals surface area contributed by atoms with Crippen LogP contribution in [0.5, 0.6) is 5.75 Å². The van der Waals surface area contributed by atoms with Crippen LogP contribution in [0.15, 0.2) is 96.6 Å². The molecule has 35 heavy (non-hydrogen) atoms. The minimum atomic E-state index is -0.335. The third kappa shape index (κ3) is 4.69. The smallest absolute Gasteiger partial charge is 0.282 e. The molecule has 2 heterocycles. The lowest BCUT2D eigenvalue weighted by Crippen LogP contribution is -2.20. The first kappa shape index (κ1) is 23.5. The summed E-state index contributed by atoms with van der Waals surface area (Å²) in [6.07, 6.45) is 3.15. The molecular formula is C26H16Br2ClN3O3. The van der Waals surface area contributed by atoms with Crippen LogP contribution in [-0.2, 0) is 0 Å². The van der Waals surface area contributed by atoms with E-state index in [1.54, 1.807) is 36.4 Å². The summed E-state index contributed by atoms with van der Waals surface area (Å²) in [5.74, 6) is 1.20. The molecule has 5 rings (SSSR count). The monoisotopic (exact) mass is 611 g/mol. The Morgan fingerprint density at radius 1 is 1.14 bits per heavy atom. The average molecular weight is 614 g/mol. The fraction of sp³-hybridized carbons (Fsp3) is 0.0385. The molecule has 0 fully saturated rings. The van der Waals surface area contributed by atoms with Gasteiger partial charge in [0.15, 0.2) is 5.76 Å². The van der Waals surface area contributed by atoms with Crippen LogP contribution < -0.4 is 10.3 Å². The zero-order chi connectivity index (χ0) is 24.5. The van der Waals surface area contributed by atoms with Crippen LogP contribution in [0.1, 0.15) is 5.56 Å². The molecular weight excluding hydrogens is 598 g/mol. The van der Waals surface area contributed by atoms with Gasteiger partial charge in [0.1, 0.15) is 17.9 Å². The molecule has 5 aromatic rings. The second kappa shape index (κ2) is 9.81. The number of halogens is 3. The predicted octanol–water partition coefficient (Wildman–Crippen LogP) is 7.44. The molecule has 9 heteroatoms. The molecule has 6 nitrogen and oxygen atoms in total. The third-order valence-corrected chi connectivity index (χ3v) is 6.45. The number of benzene rings is 3. The molecule has 2 aromatic heterocycles. The van der Waals surface area contributed by atoms with Crippen molar-refractivity contribution < 1.29 is 9.15 Å². The Morgan fingerprint density at radius 3 is 2.80 bits per heavy atom. The van der Waals surface area contributed by atoms with Gasteiger partial charge < -0.3 is 9.15 Å². The van der Waals surface area contributed by atoms with Crippen LogP contribution in [0.3, 0.4) is 0 Å². The van der Waals surface area contributed by atoms with E-state index in [0.29, 0.717) is 49.7 Å². The lowest BCUT2D eigenvalue weighted by Gasteiger charge is -2.11. The van der Waals surface area contributed by atoms with Crippen molar-refractivity contribution in [2.45, 2.75) is 0 Å². The van der Waals surface area contributed by atoms with Gasteiger partial charge >= 0.3 is 0 Å². The number of hydrogen-bond acceptors (Lipinski definition) is 5. The number of ether oxygens (including phenoxy) is 1. The zero-order valence-corrected chi connectivity index (χ0v) is 22.0. The lowest BCUT2D eigenvalue weighted by atomic mass is 10.2. The van der Waals surface area contributed by atoms with Crippen molar-refractivity contribution in [3.05, 3.63) is 103 Å². The van der Waals surface area contributed by atoms with Gasteiger partial charge in [-0.1, -0.05) is 52.3 Å². The van der Waals surface area contributed by atoms with Gasteiger partial charge in [-0.05, 0) is 64.5 Å². The summed E-state index contributed by atoms with van der Waals surface area (Å²) in [7, 11) is 0. The third-order valence-electron chi connectivity index (χ3n) is 5.15. The summed E-state index contributed by atoms with van der Waals surface area (Å²) in [4.78, 5) is 18.2. The largest absolute Gasteiger partial charge is 0.488 e. The molecule has 0 aliphatic heterocycles. The van der Waals surface area contributed by atoms with Gasteiger partial charge in [-0.25, -0.2) is 4.98 Å². The molecule has 0 aliphatic rings. The van der Waals surface area contributed by atoms with Gasteiger partial charge in [-0.2, -0.15) is 9.78 Å². The molecule has 0 unspecified atom stereocenters. The Kier molecular flexibility index (Phi) is 6.60. The molecule has 0 spiro atoms. The summed E-state index contributed by atoms with van der Waals surface area (Å²) in [6.45, 7) is 3.98. The maximum Gasteiger partial charge on any atom is 0.282 e. The van der Waals surface area contributed by atoms with Gasteiger partial charge in [-0.3, -0.25) is 4.79 Å². The van der Waals surface area contributed by atoms with Crippen molar-refractivity contribution in [3.63, 3.8) is 0 Å². The number of furan rings is 1. The molecule has 0 aliphatic carbocycles. The quantitative estimate of drug-likeness (QED) is 0.148. The van der Waals surface area contributed by atoms with E-state index in [9.17, 15) is 4.79 Å². The lowest BCUT2D eigenvalue weighted by molar-refractivity contribution is 0.360. The summed E-state index contributed by atoms with van der Waals surface area (Å²) in [5, 5.41) is 6.29. The van der Waals surface area contributed by atoms with Crippen molar-refractivity contribution in [2.24, 2.45) is 5.10 Å². The van der Waals surface area contributed by atoms with Crippen molar-refractivity contribution in [1.82, 2.24) is 9.66 Å². The first-order valence-corrected chi connectivity index (χ1v) is 12.4. The van der Waals surface area contributed by atoms with E-state index in [-0.39, 0.29) is 11.4 Å². The summed E-state index contributed by atoms with van der Waals surface area (Å²) in [6, 6.07) is 18.0. The van der Waals surface area contributed by atoms with Crippen LogP contribution in [0.25, 0.3) is 33.5 Å². The van der Waals surface area contributed by atoms with Gasteiger partial charge in [-0.15, -0.1) is 0 Å². The molecule has 0 atom stereocenters. The van der Waals surface area contributed by atoms with Gasteiger partial charge in [0.2, 0.25) is 5.82 Å². The Labute approximate surface area is 221 Å². The van der Waals surface area contributed by atoms with Gasteiger partial charge in [0, 0.05) is 20.4 Å². The van der Waals surface area contributed by atoms with E-state index >= 15 is 0 Å². The molecule has 0 N–H and O–H groups in total. The van der Waals surface area contributed by atoms with Crippen molar-refractivity contribution in [3.8, 4) is 17.3 Å². The second-order valence-corrected chi connectivity index (χ2v) is 9.72. The Bertz CT molecular complexity index is 1690. The number of aromatic nitrogens is 2. The average Bonchev–Trinajstić information content (AvgIpc) is 3.25. The Morgan fingerprint density at radius 2 is 1.97 bits per heavy atom. The van der Waals surface area contributed by atoms with E-state index in [4.69, 9.17) is 25.7 Å². The zero-order valence-electron chi connectivity index (χ0n) is 18.0. The highest BCUT2D eigenvalue weighted by atomic mass is 79.9. The highest BCUT2D eigenvalue weighted by Gasteiger charge is 2.17. The van der Waals surface area contributed by atoms with E-state index in [0.717, 1.165) is 9.86 Å². The minimum absolute atomic E-state index is 0.270. The summed E-state index contributed by atoms with van der Waals surface area (Å²) < 4.78 is 14.6. The molecule has 0 saturated carbocycles. The normalized spacial score (nSPS) is 11.5. The summed E-state index contributed by atoms with van der Waals surface area (Å²) in [5.41, 5.74) is 1.45. The number of hydrogen-bond donors (Lipinski definition) is 0. The highest BCUT2D eigenvalue weighted by Crippen LogP contribution is 2.33. The first-order valence-electron chi connectivity index (χ1n) is 10.4. The number of para-hydroxylation sites is 1. The van der Waals surface area contributed by atoms with Gasteiger partial charge in [0.25, 0.3) is 5.56 Å². The highest BCUT2D eigenvalue weighted by molar-refractivity contribution is 9.10. The summed E-state index contributed by atoms with van der Waals surface area (Å²) >= 11 is 13.2. The molecule has 3 aromatic carbocycles. The van der Waals surface area contributed by atoms with E-state index in [1.165, 1.54) is 10.9 Å². The number of fused-ring (bicyclic) bond motifs is 2. The SMILES string of the molecule is C=CCOc1c(Br)cc(Cl)cc1C=Nn1c(-c2cc3cc(Br)ccc3o2)nc2ccccc2c1=O. The van der Waals surface area contributed by atoms with Crippen LogP contribution in [0.4, 0.5) is 0 Å². The fourth-order valence-corrected chi connectivity index (χ4v) is 4.93. The van der Waals surface area contributed by atoms with Crippen LogP contribution >= 0.6 is 43.5 Å². The fourth-order valence-electron chi connectivity index (χ4n) is 3.61. The standard InChI is InChI=1S/C26H16Br2ClN3O3/c1-2-9-34-24-16(11-18(29)13-20(24)28)14-30-32-25(31-21-6-4-3-5-19(21)26(32)33)23-12-15-10-17(27)7-8-22(15)35-23/h2-8,10-14H,1,9H2. The molecule has 0 amide bonds. The molecule has 0 radical (unpaired) electrons.